The van der Waals surface area contributed by atoms with Gasteiger partial charge in [-0.05, 0) is 41.0 Å². The van der Waals surface area contributed by atoms with Crippen molar-refractivity contribution >= 4 is 15.9 Å². The molecule has 124 valence electrons. The Morgan fingerprint density at radius 3 is 1.96 bits per heavy atom. The third kappa shape index (κ3) is 4.63. The smallest absolute Gasteiger partial charge is 0.406 e. The molecule has 0 bridgehead atoms. The van der Waals surface area contributed by atoms with E-state index in [2.05, 4.69) is 20.7 Å². The summed E-state index contributed by atoms with van der Waals surface area (Å²) >= 11 is 3.12. The van der Waals surface area contributed by atoms with E-state index in [9.17, 15) is 26.3 Å². The topological polar surface area (TPSA) is 9.23 Å². The van der Waals surface area contributed by atoms with E-state index in [0.29, 0.717) is 16.7 Å². The first-order valence-corrected chi connectivity index (χ1v) is 7.34. The molecule has 0 spiro atoms. The van der Waals surface area contributed by atoms with Crippen LogP contribution in [0.15, 0.2) is 42.5 Å². The summed E-state index contributed by atoms with van der Waals surface area (Å²) in [5.41, 5.74) is 0.577. The van der Waals surface area contributed by atoms with Crippen LogP contribution in [-0.4, -0.2) is 6.36 Å². The van der Waals surface area contributed by atoms with Gasteiger partial charge in [0.1, 0.15) is 5.75 Å². The number of hydrogen-bond donors (Lipinski definition) is 0. The average Bonchev–Trinajstić information content (AvgIpc) is 2.45. The summed E-state index contributed by atoms with van der Waals surface area (Å²) in [5, 5.41) is 0.174. The highest BCUT2D eigenvalue weighted by atomic mass is 79.9. The summed E-state index contributed by atoms with van der Waals surface area (Å²) in [6, 6.07) is 8.16. The van der Waals surface area contributed by atoms with Crippen LogP contribution in [0.25, 0.3) is 11.1 Å². The predicted molar refractivity (Wildman–Crippen MR) is 76.2 cm³/mol. The highest BCUT2D eigenvalue weighted by molar-refractivity contribution is 9.08. The normalized spacial score (nSPS) is 12.3. The minimum absolute atomic E-state index is 0.174. The molecule has 0 saturated heterocycles. The van der Waals surface area contributed by atoms with Crippen molar-refractivity contribution in [1.29, 1.82) is 0 Å². The van der Waals surface area contributed by atoms with Gasteiger partial charge in [-0.3, -0.25) is 0 Å². The molecule has 0 amide bonds. The lowest BCUT2D eigenvalue weighted by atomic mass is 9.98. The second-order valence-electron chi connectivity index (χ2n) is 4.58. The van der Waals surface area contributed by atoms with E-state index in [0.717, 1.165) is 24.3 Å². The van der Waals surface area contributed by atoms with Crippen LogP contribution in [0, 0.1) is 0 Å². The molecule has 1 nitrogen and oxygen atoms in total. The molecule has 0 aliphatic carbocycles. The fourth-order valence-electron chi connectivity index (χ4n) is 2.00. The number of hydrogen-bond acceptors (Lipinski definition) is 1. The predicted octanol–water partition coefficient (Wildman–Crippen LogP) is 6.17. The van der Waals surface area contributed by atoms with Crippen LogP contribution in [0.2, 0.25) is 0 Å². The number of rotatable bonds is 3. The van der Waals surface area contributed by atoms with Gasteiger partial charge in [-0.25, -0.2) is 0 Å². The van der Waals surface area contributed by atoms with E-state index in [4.69, 9.17) is 0 Å². The van der Waals surface area contributed by atoms with Crippen molar-refractivity contribution in [3.05, 3.63) is 53.6 Å². The molecule has 0 aliphatic rings. The van der Waals surface area contributed by atoms with Gasteiger partial charge in [-0.1, -0.05) is 34.1 Å². The maximum Gasteiger partial charge on any atom is 0.573 e. The lowest BCUT2D eigenvalue weighted by molar-refractivity contribution is -0.274. The number of halogens is 7. The van der Waals surface area contributed by atoms with Crippen molar-refractivity contribution in [3.8, 4) is 16.9 Å². The lowest BCUT2D eigenvalue weighted by Crippen LogP contribution is -2.16. The fraction of sp³-hybridized carbons (Fsp3) is 0.200. The van der Waals surface area contributed by atoms with Gasteiger partial charge in [0.25, 0.3) is 0 Å². The molecule has 0 atom stereocenters. The minimum Gasteiger partial charge on any atom is -0.406 e. The maximum atomic E-state index is 12.7. The van der Waals surface area contributed by atoms with Gasteiger partial charge in [0.05, 0.1) is 5.56 Å². The molecule has 0 heterocycles. The Morgan fingerprint density at radius 2 is 1.48 bits per heavy atom. The summed E-state index contributed by atoms with van der Waals surface area (Å²) in [4.78, 5) is 0. The Kier molecular flexibility index (Phi) is 4.93. The first-order chi connectivity index (χ1) is 10.6. The van der Waals surface area contributed by atoms with Crippen LogP contribution in [0.5, 0.6) is 5.75 Å². The van der Waals surface area contributed by atoms with E-state index in [-0.39, 0.29) is 5.33 Å². The van der Waals surface area contributed by atoms with Crippen molar-refractivity contribution in [1.82, 2.24) is 0 Å². The second kappa shape index (κ2) is 6.43. The van der Waals surface area contributed by atoms with Gasteiger partial charge < -0.3 is 4.74 Å². The maximum absolute atomic E-state index is 12.7. The fourth-order valence-corrected chi connectivity index (χ4v) is 2.46. The summed E-state index contributed by atoms with van der Waals surface area (Å²) in [7, 11) is 0. The second-order valence-corrected chi connectivity index (χ2v) is 5.14. The lowest BCUT2D eigenvalue weighted by Gasteiger charge is -2.13. The van der Waals surface area contributed by atoms with Crippen LogP contribution in [0.4, 0.5) is 26.3 Å². The van der Waals surface area contributed by atoms with Gasteiger partial charge in [0.15, 0.2) is 0 Å². The molecule has 2 aromatic carbocycles. The largest absolute Gasteiger partial charge is 0.573 e. The monoisotopic (exact) mass is 398 g/mol. The molecule has 0 aromatic heterocycles. The Balaban J connectivity index is 2.35. The molecule has 0 radical (unpaired) electrons. The first-order valence-electron chi connectivity index (χ1n) is 6.22. The Hall–Kier alpha value is -1.70. The SMILES string of the molecule is FC(F)(F)Oc1ccc(-c2ccc(C(F)(F)F)cc2CBr)cc1. The third-order valence-electron chi connectivity index (χ3n) is 2.98. The molecule has 0 saturated carbocycles. The average molecular weight is 399 g/mol. The van der Waals surface area contributed by atoms with E-state index in [1.807, 2.05) is 0 Å². The summed E-state index contributed by atoms with van der Waals surface area (Å²) in [6.45, 7) is 0. The quantitative estimate of drug-likeness (QED) is 0.444. The highest BCUT2D eigenvalue weighted by Gasteiger charge is 2.32. The van der Waals surface area contributed by atoms with Crippen LogP contribution in [-0.2, 0) is 11.5 Å². The van der Waals surface area contributed by atoms with E-state index < -0.39 is 23.9 Å². The molecule has 2 aromatic rings. The van der Waals surface area contributed by atoms with Crippen molar-refractivity contribution < 1.29 is 31.1 Å². The van der Waals surface area contributed by atoms with Gasteiger partial charge in [-0.2, -0.15) is 13.2 Å². The number of alkyl halides is 7. The van der Waals surface area contributed by atoms with Gasteiger partial charge >= 0.3 is 12.5 Å². The molecule has 23 heavy (non-hydrogen) atoms. The molecule has 8 heteroatoms. The summed E-state index contributed by atoms with van der Waals surface area (Å²) < 4.78 is 78.2. The zero-order chi connectivity index (χ0) is 17.3. The Bertz CT molecular complexity index is 676. The molecule has 0 unspecified atom stereocenters. The minimum atomic E-state index is -4.79. The molecule has 0 N–H and O–H groups in total. The van der Waals surface area contributed by atoms with Crippen molar-refractivity contribution in [2.24, 2.45) is 0 Å². The van der Waals surface area contributed by atoms with Gasteiger partial charge in [-0.15, -0.1) is 13.2 Å². The van der Waals surface area contributed by atoms with Crippen molar-refractivity contribution in [2.75, 3.05) is 0 Å². The van der Waals surface area contributed by atoms with E-state index >= 15 is 0 Å². The van der Waals surface area contributed by atoms with Gasteiger partial charge in [0.2, 0.25) is 0 Å². The van der Waals surface area contributed by atoms with Crippen molar-refractivity contribution in [2.45, 2.75) is 17.9 Å². The highest BCUT2D eigenvalue weighted by Crippen LogP contribution is 2.35. The van der Waals surface area contributed by atoms with E-state index in [1.54, 1.807) is 0 Å². The van der Waals surface area contributed by atoms with Crippen LogP contribution >= 0.6 is 15.9 Å². The van der Waals surface area contributed by atoms with Crippen LogP contribution in [0.1, 0.15) is 11.1 Å². The number of benzene rings is 2. The third-order valence-corrected chi connectivity index (χ3v) is 3.58. The zero-order valence-corrected chi connectivity index (χ0v) is 12.9. The number of ether oxygens (including phenoxy) is 1. The van der Waals surface area contributed by atoms with Crippen molar-refractivity contribution in [3.63, 3.8) is 0 Å². The molecule has 0 fully saturated rings. The molecule has 0 aliphatic heterocycles. The standard InChI is InChI=1S/C15H9BrF6O/c16-8-10-7-11(14(17,18)19)3-6-13(10)9-1-4-12(5-2-9)23-15(20,21)22/h1-7H,8H2. The van der Waals surface area contributed by atoms with E-state index in [1.165, 1.54) is 18.2 Å². The van der Waals surface area contributed by atoms with Crippen LogP contribution < -0.4 is 4.74 Å². The molecular formula is C15H9BrF6O. The Labute approximate surface area is 136 Å². The van der Waals surface area contributed by atoms with Crippen LogP contribution in [0.3, 0.4) is 0 Å². The zero-order valence-electron chi connectivity index (χ0n) is 11.3. The van der Waals surface area contributed by atoms with Gasteiger partial charge in [0, 0.05) is 5.33 Å². The molecular weight excluding hydrogens is 390 g/mol. The summed E-state index contributed by atoms with van der Waals surface area (Å²) in [6.07, 6.45) is -9.25. The molecule has 2 rings (SSSR count). The summed E-state index contributed by atoms with van der Waals surface area (Å²) in [5.74, 6) is -0.395. The Morgan fingerprint density at radius 1 is 0.870 bits per heavy atom. The first kappa shape index (κ1) is 17.7.